The quantitative estimate of drug-likeness (QED) is 0.859. The molecule has 1 aromatic rings. The van der Waals surface area contributed by atoms with E-state index in [1.165, 1.54) is 10.4 Å². The van der Waals surface area contributed by atoms with Gasteiger partial charge in [0.2, 0.25) is 0 Å². The van der Waals surface area contributed by atoms with Gasteiger partial charge in [0, 0.05) is 13.1 Å². The molecular weight excluding hydrogens is 362 g/mol. The lowest BCUT2D eigenvalue weighted by atomic mass is 10.1. The third-order valence-electron chi connectivity index (χ3n) is 2.13. The summed E-state index contributed by atoms with van der Waals surface area (Å²) in [4.78, 5) is 0. The molecule has 0 aromatic carbocycles. The van der Waals surface area contributed by atoms with E-state index in [-0.39, 0.29) is 10.8 Å². The number of hydrogen-bond donors (Lipinski definition) is 1. The average molecular weight is 377 g/mol. The molecule has 0 saturated heterocycles. The first-order valence-electron chi connectivity index (χ1n) is 5.25. The van der Waals surface area contributed by atoms with Gasteiger partial charge in [-0.1, -0.05) is 18.5 Å². The molecule has 0 unspecified atom stereocenters. The van der Waals surface area contributed by atoms with Crippen LogP contribution in [0.15, 0.2) is 14.1 Å². The summed E-state index contributed by atoms with van der Waals surface area (Å²) in [6, 6.07) is 1.42. The fourth-order valence-corrected chi connectivity index (χ4v) is 5.54. The number of likely N-dealkylation sites (N-methyl/N-ethyl adjacent to an activating group) is 1. The van der Waals surface area contributed by atoms with Gasteiger partial charge in [0.05, 0.1) is 14.4 Å². The summed E-state index contributed by atoms with van der Waals surface area (Å²) in [5, 5.41) is 10.1. The predicted molar refractivity (Wildman–Crippen MR) is 77.8 cm³/mol. The standard InChI is InChI=1S/C10H15BrClNO3S2/c1-4-13(6-10(2,3)14)18(15,16)8-5-7(12)9(11)17-8/h5,14H,4,6H2,1-3H3. The van der Waals surface area contributed by atoms with Gasteiger partial charge in [-0.25, -0.2) is 8.42 Å². The van der Waals surface area contributed by atoms with Crippen LogP contribution >= 0.6 is 38.9 Å². The molecule has 4 nitrogen and oxygen atoms in total. The molecule has 0 aliphatic rings. The van der Waals surface area contributed by atoms with Gasteiger partial charge in [0.25, 0.3) is 10.0 Å². The van der Waals surface area contributed by atoms with Crippen LogP contribution in [0.5, 0.6) is 0 Å². The first-order chi connectivity index (χ1) is 8.08. The van der Waals surface area contributed by atoms with Gasteiger partial charge < -0.3 is 5.11 Å². The van der Waals surface area contributed by atoms with Crippen molar-refractivity contribution in [1.29, 1.82) is 0 Å². The van der Waals surface area contributed by atoms with E-state index >= 15 is 0 Å². The molecule has 0 amide bonds. The molecule has 1 N–H and O–H groups in total. The highest BCUT2D eigenvalue weighted by atomic mass is 79.9. The van der Waals surface area contributed by atoms with Crippen LogP contribution in [0.1, 0.15) is 20.8 Å². The molecule has 104 valence electrons. The molecule has 0 spiro atoms. The lowest BCUT2D eigenvalue weighted by Crippen LogP contribution is -2.41. The molecule has 0 fully saturated rings. The summed E-state index contributed by atoms with van der Waals surface area (Å²) in [5.74, 6) is 0. The highest BCUT2D eigenvalue weighted by Gasteiger charge is 2.30. The van der Waals surface area contributed by atoms with Crippen LogP contribution in [-0.2, 0) is 10.0 Å². The van der Waals surface area contributed by atoms with Gasteiger partial charge in [0.15, 0.2) is 0 Å². The Kier molecular flexibility index (Phi) is 5.25. The smallest absolute Gasteiger partial charge is 0.252 e. The first kappa shape index (κ1) is 16.4. The number of nitrogens with zero attached hydrogens (tertiary/aromatic N) is 1. The van der Waals surface area contributed by atoms with Crippen molar-refractivity contribution in [2.24, 2.45) is 0 Å². The van der Waals surface area contributed by atoms with Crippen LogP contribution in [0.25, 0.3) is 0 Å². The predicted octanol–water partition coefficient (Wildman–Crippen LogP) is 2.95. The van der Waals surface area contributed by atoms with E-state index < -0.39 is 15.6 Å². The maximum absolute atomic E-state index is 12.4. The van der Waals surface area contributed by atoms with Gasteiger partial charge in [-0.15, -0.1) is 11.3 Å². The maximum atomic E-state index is 12.4. The molecule has 0 atom stereocenters. The van der Waals surface area contributed by atoms with Gasteiger partial charge in [0.1, 0.15) is 4.21 Å². The lowest BCUT2D eigenvalue weighted by molar-refractivity contribution is 0.0602. The zero-order chi connectivity index (χ0) is 14.1. The van der Waals surface area contributed by atoms with Crippen molar-refractivity contribution < 1.29 is 13.5 Å². The molecule has 1 aromatic heterocycles. The molecule has 8 heteroatoms. The van der Waals surface area contributed by atoms with Crippen molar-refractivity contribution >= 4 is 48.9 Å². The number of hydrogen-bond acceptors (Lipinski definition) is 4. The fourth-order valence-electron chi connectivity index (χ4n) is 1.38. The lowest BCUT2D eigenvalue weighted by Gasteiger charge is -2.26. The van der Waals surface area contributed by atoms with Gasteiger partial charge in [-0.3, -0.25) is 0 Å². The summed E-state index contributed by atoms with van der Waals surface area (Å²) in [6.07, 6.45) is 0. The summed E-state index contributed by atoms with van der Waals surface area (Å²) < 4.78 is 26.7. The summed E-state index contributed by atoms with van der Waals surface area (Å²) >= 11 is 10.1. The average Bonchev–Trinajstić information content (AvgIpc) is 2.55. The number of aliphatic hydroxyl groups is 1. The number of halogens is 2. The van der Waals surface area contributed by atoms with Gasteiger partial charge in [-0.2, -0.15) is 4.31 Å². The minimum atomic E-state index is -3.61. The van der Waals surface area contributed by atoms with Crippen molar-refractivity contribution in [2.45, 2.75) is 30.6 Å². The van der Waals surface area contributed by atoms with E-state index in [1.54, 1.807) is 20.8 Å². The van der Waals surface area contributed by atoms with E-state index in [2.05, 4.69) is 15.9 Å². The molecule has 18 heavy (non-hydrogen) atoms. The molecule has 0 radical (unpaired) electrons. The Bertz CT molecular complexity index is 502. The zero-order valence-corrected chi connectivity index (χ0v) is 14.2. The van der Waals surface area contributed by atoms with E-state index in [0.717, 1.165) is 11.3 Å². The minimum absolute atomic E-state index is 0.0406. The van der Waals surface area contributed by atoms with Crippen LogP contribution in [0.2, 0.25) is 5.02 Å². The van der Waals surface area contributed by atoms with E-state index in [9.17, 15) is 13.5 Å². The summed E-state index contributed by atoms with van der Waals surface area (Å²) in [5.41, 5.74) is -1.08. The third kappa shape index (κ3) is 3.91. The van der Waals surface area contributed by atoms with Gasteiger partial charge >= 0.3 is 0 Å². The first-order valence-corrected chi connectivity index (χ1v) is 8.68. The molecule has 1 rings (SSSR count). The Morgan fingerprint density at radius 1 is 1.56 bits per heavy atom. The molecule has 0 aliphatic heterocycles. The maximum Gasteiger partial charge on any atom is 0.252 e. The number of sulfonamides is 1. The summed E-state index contributed by atoms with van der Waals surface area (Å²) in [6.45, 7) is 5.21. The Hall–Kier alpha value is 0.340. The largest absolute Gasteiger partial charge is 0.389 e. The molecule has 0 bridgehead atoms. The highest BCUT2D eigenvalue weighted by Crippen LogP contribution is 2.36. The van der Waals surface area contributed by atoms with E-state index in [4.69, 9.17) is 11.6 Å². The molecule has 0 aliphatic carbocycles. The van der Waals surface area contributed by atoms with E-state index in [0.29, 0.717) is 15.4 Å². The molecule has 0 saturated carbocycles. The normalized spacial score (nSPS) is 13.3. The van der Waals surface area contributed by atoms with Crippen molar-refractivity contribution in [3.05, 3.63) is 14.9 Å². The summed E-state index contributed by atoms with van der Waals surface area (Å²) in [7, 11) is -3.61. The van der Waals surface area contributed by atoms with Gasteiger partial charge in [-0.05, 0) is 35.8 Å². The molecule has 1 heterocycles. The second-order valence-electron chi connectivity index (χ2n) is 4.43. The second kappa shape index (κ2) is 5.76. The Morgan fingerprint density at radius 3 is 2.44 bits per heavy atom. The van der Waals surface area contributed by atoms with Crippen LogP contribution in [0, 0.1) is 0 Å². The minimum Gasteiger partial charge on any atom is -0.389 e. The third-order valence-corrected chi connectivity index (χ3v) is 6.98. The van der Waals surface area contributed by atoms with Crippen molar-refractivity contribution in [3.8, 4) is 0 Å². The number of thiophene rings is 1. The Balaban J connectivity index is 3.11. The fraction of sp³-hybridized carbons (Fsp3) is 0.600. The van der Waals surface area contributed by atoms with E-state index in [1.807, 2.05) is 0 Å². The monoisotopic (exact) mass is 375 g/mol. The van der Waals surface area contributed by atoms with Crippen molar-refractivity contribution in [2.75, 3.05) is 13.1 Å². The molecular formula is C10H15BrClNO3S2. The van der Waals surface area contributed by atoms with Crippen molar-refractivity contribution in [3.63, 3.8) is 0 Å². The second-order valence-corrected chi connectivity index (χ2v) is 9.37. The van der Waals surface area contributed by atoms with Crippen LogP contribution in [0.3, 0.4) is 0 Å². The van der Waals surface area contributed by atoms with Crippen LogP contribution in [0.4, 0.5) is 0 Å². The van der Waals surface area contributed by atoms with Crippen LogP contribution < -0.4 is 0 Å². The highest BCUT2D eigenvalue weighted by molar-refractivity contribution is 9.11. The van der Waals surface area contributed by atoms with Crippen molar-refractivity contribution in [1.82, 2.24) is 4.31 Å². The SMILES string of the molecule is CCN(CC(C)(C)O)S(=O)(=O)c1cc(Cl)c(Br)s1. The Labute approximate surface area is 125 Å². The Morgan fingerprint density at radius 2 is 2.11 bits per heavy atom. The topological polar surface area (TPSA) is 57.6 Å². The number of rotatable bonds is 5. The zero-order valence-electron chi connectivity index (χ0n) is 10.3. The van der Waals surface area contributed by atoms with Crippen LogP contribution in [-0.4, -0.2) is 36.5 Å².